The Labute approximate surface area is 124 Å². The average Bonchev–Trinajstić information content (AvgIpc) is 2.46. The van der Waals surface area contributed by atoms with Gasteiger partial charge in [0.2, 0.25) is 5.91 Å². The largest absolute Gasteiger partial charge is 0.394 e. The van der Waals surface area contributed by atoms with E-state index in [1.165, 1.54) is 0 Å². The van der Waals surface area contributed by atoms with Gasteiger partial charge in [0.15, 0.2) is 0 Å². The van der Waals surface area contributed by atoms with Crippen molar-refractivity contribution in [3.63, 3.8) is 0 Å². The van der Waals surface area contributed by atoms with E-state index in [0.717, 1.165) is 18.4 Å². The molecule has 0 bridgehead atoms. The molecule has 1 aliphatic rings. The predicted octanol–water partition coefficient (Wildman–Crippen LogP) is 2.40. The minimum Gasteiger partial charge on any atom is -0.394 e. The summed E-state index contributed by atoms with van der Waals surface area (Å²) in [5.74, 6) is -0.0660. The van der Waals surface area contributed by atoms with E-state index in [-0.39, 0.29) is 31.2 Å². The Hall–Kier alpha value is -1.10. The van der Waals surface area contributed by atoms with Gasteiger partial charge in [0.05, 0.1) is 25.3 Å². The van der Waals surface area contributed by atoms with Crippen LogP contribution in [0.4, 0.5) is 0 Å². The molecule has 20 heavy (non-hydrogen) atoms. The van der Waals surface area contributed by atoms with Crippen LogP contribution in [0.1, 0.15) is 31.4 Å². The van der Waals surface area contributed by atoms with Gasteiger partial charge in [-0.2, -0.15) is 0 Å². The number of hydrogen-bond acceptors (Lipinski definition) is 3. The van der Waals surface area contributed by atoms with Crippen molar-refractivity contribution in [1.82, 2.24) is 4.90 Å². The van der Waals surface area contributed by atoms with Gasteiger partial charge in [-0.15, -0.1) is 0 Å². The fourth-order valence-electron chi connectivity index (χ4n) is 2.64. The van der Waals surface area contributed by atoms with Gasteiger partial charge < -0.3 is 14.7 Å². The molecule has 0 saturated carbocycles. The third kappa shape index (κ3) is 3.32. The number of rotatable bonds is 5. The first-order chi connectivity index (χ1) is 9.67. The zero-order chi connectivity index (χ0) is 14.5. The Kier molecular flexibility index (Phi) is 5.40. The molecule has 1 amide bonds. The molecule has 1 heterocycles. The molecule has 1 fully saturated rings. The zero-order valence-corrected chi connectivity index (χ0v) is 12.3. The summed E-state index contributed by atoms with van der Waals surface area (Å²) in [5, 5.41) is 10.2. The molecule has 0 aliphatic carbocycles. The highest BCUT2D eigenvalue weighted by molar-refractivity contribution is 6.30. The normalized spacial score (nSPS) is 21.1. The van der Waals surface area contributed by atoms with E-state index in [1.54, 1.807) is 4.90 Å². The minimum atomic E-state index is -0.155. The van der Waals surface area contributed by atoms with Gasteiger partial charge in [-0.25, -0.2) is 0 Å². The van der Waals surface area contributed by atoms with Crippen LogP contribution in [0.5, 0.6) is 0 Å². The standard InChI is InChI=1S/C15H20ClNO3/c1-2-3-13(8-18)17-14(9-20-10-15(17)19)11-4-6-12(16)7-5-11/h4-7,13-14,18H,2-3,8-10H2,1H3/t13?,14-/m0/s1. The molecule has 110 valence electrons. The van der Waals surface area contributed by atoms with E-state index >= 15 is 0 Å². The molecule has 2 atom stereocenters. The first-order valence-corrected chi connectivity index (χ1v) is 7.30. The van der Waals surface area contributed by atoms with Crippen LogP contribution in [0, 0.1) is 0 Å². The van der Waals surface area contributed by atoms with Crippen LogP contribution in [0.15, 0.2) is 24.3 Å². The maximum Gasteiger partial charge on any atom is 0.249 e. The molecule has 2 rings (SSSR count). The van der Waals surface area contributed by atoms with E-state index in [2.05, 4.69) is 0 Å². The smallest absolute Gasteiger partial charge is 0.249 e. The first-order valence-electron chi connectivity index (χ1n) is 6.92. The number of morpholine rings is 1. The maximum absolute atomic E-state index is 12.2. The van der Waals surface area contributed by atoms with E-state index in [1.807, 2.05) is 31.2 Å². The molecule has 0 aromatic heterocycles. The second-order valence-corrected chi connectivity index (χ2v) is 5.44. The lowest BCUT2D eigenvalue weighted by Gasteiger charge is -2.40. The summed E-state index contributed by atoms with van der Waals surface area (Å²) in [6.07, 6.45) is 1.70. The number of amides is 1. The van der Waals surface area contributed by atoms with Crippen molar-refractivity contribution in [2.24, 2.45) is 0 Å². The van der Waals surface area contributed by atoms with E-state index in [9.17, 15) is 9.90 Å². The Morgan fingerprint density at radius 2 is 2.15 bits per heavy atom. The molecule has 1 N–H and O–H groups in total. The Bertz CT molecular complexity index is 449. The van der Waals surface area contributed by atoms with Crippen molar-refractivity contribution in [3.8, 4) is 0 Å². The van der Waals surface area contributed by atoms with Crippen LogP contribution in [-0.2, 0) is 9.53 Å². The van der Waals surface area contributed by atoms with Crippen molar-refractivity contribution < 1.29 is 14.6 Å². The summed E-state index contributed by atoms with van der Waals surface area (Å²) < 4.78 is 5.38. The molecule has 4 nitrogen and oxygen atoms in total. The monoisotopic (exact) mass is 297 g/mol. The highest BCUT2D eigenvalue weighted by Crippen LogP contribution is 2.29. The number of ether oxygens (including phenoxy) is 1. The molecule has 1 aromatic rings. The highest BCUT2D eigenvalue weighted by atomic mass is 35.5. The SMILES string of the molecule is CCCC(CO)N1C(=O)COC[C@H]1c1ccc(Cl)cc1. The van der Waals surface area contributed by atoms with Crippen molar-refractivity contribution in [3.05, 3.63) is 34.9 Å². The van der Waals surface area contributed by atoms with Gasteiger partial charge in [0.25, 0.3) is 0 Å². The molecule has 0 radical (unpaired) electrons. The van der Waals surface area contributed by atoms with E-state index < -0.39 is 0 Å². The fourth-order valence-corrected chi connectivity index (χ4v) is 2.76. The number of carbonyl (C=O) groups excluding carboxylic acids is 1. The van der Waals surface area contributed by atoms with Gasteiger partial charge in [0.1, 0.15) is 6.61 Å². The van der Waals surface area contributed by atoms with Crippen molar-refractivity contribution in [2.45, 2.75) is 31.8 Å². The summed E-state index contributed by atoms with van der Waals surface area (Å²) >= 11 is 5.90. The summed E-state index contributed by atoms with van der Waals surface area (Å²) in [6, 6.07) is 7.11. The molecule has 1 unspecified atom stereocenters. The zero-order valence-electron chi connectivity index (χ0n) is 11.6. The molecule has 0 spiro atoms. The number of aliphatic hydroxyl groups is 1. The third-order valence-corrected chi connectivity index (χ3v) is 3.86. The lowest BCUT2D eigenvalue weighted by Crippen LogP contribution is -2.51. The molecule has 1 aromatic carbocycles. The van der Waals surface area contributed by atoms with Crippen LogP contribution in [0.2, 0.25) is 5.02 Å². The fraction of sp³-hybridized carbons (Fsp3) is 0.533. The number of hydrogen-bond donors (Lipinski definition) is 1. The average molecular weight is 298 g/mol. The predicted molar refractivity (Wildman–Crippen MR) is 77.6 cm³/mol. The summed E-state index contributed by atoms with van der Waals surface area (Å²) in [5.41, 5.74) is 0.983. The molecule has 5 heteroatoms. The Morgan fingerprint density at radius 1 is 1.45 bits per heavy atom. The van der Waals surface area contributed by atoms with Gasteiger partial charge in [0, 0.05) is 5.02 Å². The Balaban J connectivity index is 2.27. The second-order valence-electron chi connectivity index (χ2n) is 5.01. The second kappa shape index (κ2) is 7.07. The highest BCUT2D eigenvalue weighted by Gasteiger charge is 2.34. The lowest BCUT2D eigenvalue weighted by molar-refractivity contribution is -0.154. The number of benzene rings is 1. The van der Waals surface area contributed by atoms with Gasteiger partial charge in [-0.1, -0.05) is 37.1 Å². The van der Waals surface area contributed by atoms with Crippen molar-refractivity contribution >= 4 is 17.5 Å². The summed E-state index contributed by atoms with van der Waals surface area (Å²) in [4.78, 5) is 14.0. The molecule has 1 aliphatic heterocycles. The Morgan fingerprint density at radius 3 is 2.75 bits per heavy atom. The van der Waals surface area contributed by atoms with E-state index in [4.69, 9.17) is 16.3 Å². The van der Waals surface area contributed by atoms with Gasteiger partial charge in [-0.05, 0) is 24.1 Å². The number of nitrogens with zero attached hydrogens (tertiary/aromatic N) is 1. The molecular formula is C15H20ClNO3. The van der Waals surface area contributed by atoms with E-state index in [0.29, 0.717) is 11.6 Å². The summed E-state index contributed by atoms with van der Waals surface area (Å²) in [6.45, 7) is 2.56. The lowest BCUT2D eigenvalue weighted by atomic mass is 10.0. The topological polar surface area (TPSA) is 49.8 Å². The van der Waals surface area contributed by atoms with Gasteiger partial charge >= 0.3 is 0 Å². The van der Waals surface area contributed by atoms with Crippen LogP contribution >= 0.6 is 11.6 Å². The van der Waals surface area contributed by atoms with Crippen LogP contribution < -0.4 is 0 Å². The van der Waals surface area contributed by atoms with Crippen molar-refractivity contribution in [2.75, 3.05) is 19.8 Å². The molecule has 1 saturated heterocycles. The van der Waals surface area contributed by atoms with Crippen LogP contribution in [-0.4, -0.2) is 41.8 Å². The van der Waals surface area contributed by atoms with Crippen LogP contribution in [0.3, 0.4) is 0 Å². The minimum absolute atomic E-state index is 0.0241. The number of aliphatic hydroxyl groups excluding tert-OH is 1. The van der Waals surface area contributed by atoms with Crippen LogP contribution in [0.25, 0.3) is 0 Å². The molecular weight excluding hydrogens is 278 g/mol. The first kappa shape index (κ1) is 15.3. The third-order valence-electron chi connectivity index (χ3n) is 3.61. The number of carbonyl (C=O) groups is 1. The quantitative estimate of drug-likeness (QED) is 0.908. The number of halogens is 1. The van der Waals surface area contributed by atoms with Gasteiger partial charge in [-0.3, -0.25) is 4.79 Å². The van der Waals surface area contributed by atoms with Crippen molar-refractivity contribution in [1.29, 1.82) is 0 Å². The maximum atomic E-state index is 12.2. The summed E-state index contributed by atoms with van der Waals surface area (Å²) in [7, 11) is 0.